The molecule has 0 unspecified atom stereocenters. The summed E-state index contributed by atoms with van der Waals surface area (Å²) in [5.41, 5.74) is -2.30. The quantitative estimate of drug-likeness (QED) is 0.365. The van der Waals surface area contributed by atoms with E-state index in [-0.39, 0.29) is 17.6 Å². The number of allylic oxidation sites excluding steroid dienone is 1. The second-order valence-corrected chi connectivity index (χ2v) is 9.56. The Bertz CT molecular complexity index is 770. The summed E-state index contributed by atoms with van der Waals surface area (Å²) in [7, 11) is 0. The van der Waals surface area contributed by atoms with Gasteiger partial charge in [0.15, 0.2) is 5.78 Å². The number of carbonyl (C=O) groups excluding carboxylic acids is 1. The molecule has 3 saturated carbocycles. The SMILES string of the molecule is C=C1C(=O)[C@@]23C(=CC[C@@H]1[C@H]2O)[C@@]12CO[C@]3(O)[C@@H](O)[C@@H]1C(C)(C)CC[C@@H]2O. The van der Waals surface area contributed by atoms with E-state index in [9.17, 15) is 25.2 Å². The van der Waals surface area contributed by atoms with Gasteiger partial charge in [-0.3, -0.25) is 4.79 Å². The van der Waals surface area contributed by atoms with Crippen LogP contribution < -0.4 is 0 Å². The van der Waals surface area contributed by atoms with Crippen molar-refractivity contribution in [2.45, 2.75) is 57.2 Å². The van der Waals surface area contributed by atoms with E-state index in [1.807, 2.05) is 19.9 Å². The Morgan fingerprint density at radius 3 is 2.62 bits per heavy atom. The average molecular weight is 362 g/mol. The zero-order valence-corrected chi connectivity index (χ0v) is 15.1. The van der Waals surface area contributed by atoms with E-state index >= 15 is 0 Å². The maximum absolute atomic E-state index is 13.3. The summed E-state index contributed by atoms with van der Waals surface area (Å²) in [6.07, 6.45) is 0.133. The molecule has 8 atom stereocenters. The van der Waals surface area contributed by atoms with Crippen molar-refractivity contribution in [3.63, 3.8) is 0 Å². The van der Waals surface area contributed by atoms with Gasteiger partial charge in [-0.2, -0.15) is 0 Å². The molecule has 6 nitrogen and oxygen atoms in total. The van der Waals surface area contributed by atoms with Crippen molar-refractivity contribution >= 4 is 5.78 Å². The Balaban J connectivity index is 1.86. The molecule has 6 heteroatoms. The summed E-state index contributed by atoms with van der Waals surface area (Å²) in [4.78, 5) is 13.3. The molecule has 0 radical (unpaired) electrons. The first kappa shape index (κ1) is 17.1. The van der Waals surface area contributed by atoms with Gasteiger partial charge in [-0.25, -0.2) is 0 Å². The fourth-order valence-corrected chi connectivity index (χ4v) is 7.17. The molecule has 6 rings (SSSR count). The molecule has 5 fully saturated rings. The van der Waals surface area contributed by atoms with Crippen molar-refractivity contribution in [2.75, 3.05) is 6.61 Å². The molecule has 4 bridgehead atoms. The predicted molar refractivity (Wildman–Crippen MR) is 90.6 cm³/mol. The van der Waals surface area contributed by atoms with Crippen LogP contribution in [0.15, 0.2) is 23.8 Å². The van der Waals surface area contributed by atoms with Crippen LogP contribution in [-0.4, -0.2) is 56.9 Å². The Labute approximate surface area is 152 Å². The third-order valence-electron chi connectivity index (χ3n) is 8.29. The van der Waals surface area contributed by atoms with Crippen LogP contribution in [0.2, 0.25) is 0 Å². The van der Waals surface area contributed by atoms with Crippen LogP contribution in [0, 0.1) is 28.1 Å². The first-order valence-corrected chi connectivity index (χ1v) is 9.42. The highest BCUT2D eigenvalue weighted by molar-refractivity contribution is 6.07. The molecular weight excluding hydrogens is 336 g/mol. The molecule has 2 spiro atoms. The van der Waals surface area contributed by atoms with Crippen molar-refractivity contribution in [1.29, 1.82) is 0 Å². The fourth-order valence-electron chi connectivity index (χ4n) is 7.17. The number of fused-ring (bicyclic) bond motifs is 2. The highest BCUT2D eigenvalue weighted by Gasteiger charge is 2.85. The summed E-state index contributed by atoms with van der Waals surface area (Å²) >= 11 is 0. The lowest BCUT2D eigenvalue weighted by Gasteiger charge is -2.72. The van der Waals surface area contributed by atoms with Crippen molar-refractivity contribution in [3.8, 4) is 0 Å². The minimum absolute atomic E-state index is 0.0283. The van der Waals surface area contributed by atoms with Crippen LogP contribution in [0.25, 0.3) is 0 Å². The predicted octanol–water partition coefficient (Wildman–Crippen LogP) is 0.296. The van der Waals surface area contributed by atoms with Crippen LogP contribution in [0.5, 0.6) is 0 Å². The lowest BCUT2D eigenvalue weighted by molar-refractivity contribution is -0.411. The van der Waals surface area contributed by atoms with E-state index in [1.165, 1.54) is 0 Å². The van der Waals surface area contributed by atoms with Gasteiger partial charge in [0.25, 0.3) is 0 Å². The molecule has 26 heavy (non-hydrogen) atoms. The van der Waals surface area contributed by atoms with Crippen molar-refractivity contribution in [3.05, 3.63) is 23.8 Å². The zero-order chi connectivity index (χ0) is 18.9. The van der Waals surface area contributed by atoms with Gasteiger partial charge in [-0.15, -0.1) is 0 Å². The topological polar surface area (TPSA) is 107 Å². The summed E-state index contributed by atoms with van der Waals surface area (Å²) in [6.45, 7) is 7.91. The van der Waals surface area contributed by atoms with Crippen molar-refractivity contribution in [1.82, 2.24) is 0 Å². The molecule has 2 saturated heterocycles. The van der Waals surface area contributed by atoms with E-state index in [2.05, 4.69) is 6.58 Å². The van der Waals surface area contributed by atoms with Crippen LogP contribution in [0.4, 0.5) is 0 Å². The van der Waals surface area contributed by atoms with Gasteiger partial charge in [0.05, 0.1) is 18.8 Å². The van der Waals surface area contributed by atoms with Gasteiger partial charge in [0.2, 0.25) is 5.79 Å². The minimum atomic E-state index is -2.21. The van der Waals surface area contributed by atoms with E-state index in [0.29, 0.717) is 24.8 Å². The van der Waals surface area contributed by atoms with Crippen molar-refractivity contribution < 1.29 is 30.0 Å². The monoisotopic (exact) mass is 362 g/mol. The number of rotatable bonds is 0. The molecule has 2 aliphatic heterocycles. The number of Topliss-reactive ketones (excluding diaryl/α,β-unsaturated/α-hetero) is 1. The molecular formula is C20H26O6. The smallest absolute Gasteiger partial charge is 0.212 e. The number of aliphatic hydroxyl groups is 4. The molecule has 6 aliphatic rings. The molecule has 2 heterocycles. The van der Waals surface area contributed by atoms with E-state index < -0.39 is 52.5 Å². The first-order chi connectivity index (χ1) is 12.1. The number of carbonyl (C=O) groups is 1. The first-order valence-electron chi connectivity index (χ1n) is 9.42. The Hall–Kier alpha value is -1.05. The standard InChI is InChI=1S/C20H26O6/c1-9-10-4-5-11-18-8-26-20(25,19(11,14(9)22)15(10)23)16(24)13(18)17(2,3)7-6-12(18)21/h5,10,12-13,15-16,21,23-25H,1,4,6-8H2,2-3H3/t10-,12-,13+,15+,16-,18+,19-,20+/m0/s1. The maximum atomic E-state index is 13.3. The van der Waals surface area contributed by atoms with E-state index in [0.717, 1.165) is 0 Å². The number of ether oxygens (including phenoxy) is 1. The molecule has 0 aromatic carbocycles. The van der Waals surface area contributed by atoms with Crippen LogP contribution >= 0.6 is 0 Å². The van der Waals surface area contributed by atoms with Gasteiger partial charge in [-0.1, -0.05) is 26.5 Å². The van der Waals surface area contributed by atoms with Crippen LogP contribution in [0.1, 0.15) is 33.1 Å². The van der Waals surface area contributed by atoms with Gasteiger partial charge in [0, 0.05) is 17.3 Å². The van der Waals surface area contributed by atoms with Gasteiger partial charge in [0.1, 0.15) is 11.5 Å². The average Bonchev–Trinajstić information content (AvgIpc) is 2.69. The Morgan fingerprint density at radius 2 is 1.92 bits per heavy atom. The van der Waals surface area contributed by atoms with E-state index in [4.69, 9.17) is 4.74 Å². The van der Waals surface area contributed by atoms with Gasteiger partial charge < -0.3 is 25.2 Å². The zero-order valence-electron chi connectivity index (χ0n) is 15.1. The molecule has 0 aromatic rings. The lowest BCUT2D eigenvalue weighted by atomic mass is 9.38. The molecule has 4 N–H and O–H groups in total. The normalized spacial score (nSPS) is 56.8. The second-order valence-electron chi connectivity index (χ2n) is 9.56. The number of ketones is 1. The number of hydrogen-bond acceptors (Lipinski definition) is 6. The molecule has 142 valence electrons. The summed E-state index contributed by atoms with van der Waals surface area (Å²) < 4.78 is 5.76. The van der Waals surface area contributed by atoms with Crippen molar-refractivity contribution in [2.24, 2.45) is 28.1 Å². The maximum Gasteiger partial charge on any atom is 0.212 e. The van der Waals surface area contributed by atoms with Gasteiger partial charge >= 0.3 is 0 Å². The van der Waals surface area contributed by atoms with Gasteiger partial charge in [-0.05, 0) is 35.8 Å². The summed E-state index contributed by atoms with van der Waals surface area (Å²) in [5, 5.41) is 45.0. The Kier molecular flexibility index (Phi) is 2.95. The van der Waals surface area contributed by atoms with Crippen LogP contribution in [-0.2, 0) is 9.53 Å². The Morgan fingerprint density at radius 1 is 1.23 bits per heavy atom. The minimum Gasteiger partial charge on any atom is -0.392 e. The fraction of sp³-hybridized carbons (Fsp3) is 0.750. The summed E-state index contributed by atoms with van der Waals surface area (Å²) in [6, 6.07) is 0. The number of hydrogen-bond donors (Lipinski definition) is 4. The lowest BCUT2D eigenvalue weighted by Crippen LogP contribution is -2.82. The molecule has 0 aromatic heterocycles. The van der Waals surface area contributed by atoms with E-state index in [1.54, 1.807) is 0 Å². The highest BCUT2D eigenvalue weighted by atomic mass is 16.6. The second kappa shape index (κ2) is 4.50. The third-order valence-corrected chi connectivity index (χ3v) is 8.29. The third kappa shape index (κ3) is 1.37. The number of aliphatic hydroxyl groups excluding tert-OH is 3. The largest absolute Gasteiger partial charge is 0.392 e. The highest BCUT2D eigenvalue weighted by Crippen LogP contribution is 2.74. The van der Waals surface area contributed by atoms with Crippen LogP contribution in [0.3, 0.4) is 0 Å². The molecule has 4 aliphatic carbocycles. The molecule has 0 amide bonds. The summed E-state index contributed by atoms with van der Waals surface area (Å²) in [5.74, 6) is -3.64.